The van der Waals surface area contributed by atoms with Gasteiger partial charge in [0.1, 0.15) is 0 Å². The van der Waals surface area contributed by atoms with Crippen LogP contribution in [-0.4, -0.2) is 74.8 Å². The number of nitrogens with zero attached hydrogens (tertiary/aromatic N) is 4. The van der Waals surface area contributed by atoms with Crippen molar-refractivity contribution in [1.82, 2.24) is 14.1 Å². The van der Waals surface area contributed by atoms with E-state index in [9.17, 15) is 8.42 Å². The lowest BCUT2D eigenvalue weighted by Gasteiger charge is -2.32. The first-order chi connectivity index (χ1) is 12.5. The molecule has 2 aliphatic rings. The third-order valence-electron chi connectivity index (χ3n) is 5.14. The number of aliphatic imine (C=N–C) groups is 1. The highest BCUT2D eigenvalue weighted by Gasteiger charge is 2.29. The molecule has 0 radical (unpaired) electrons. The lowest BCUT2D eigenvalue weighted by atomic mass is 10.1. The molecule has 0 bridgehead atoms. The van der Waals surface area contributed by atoms with Gasteiger partial charge in [-0.25, -0.2) is 13.4 Å². The zero-order chi connectivity index (χ0) is 18.6. The van der Waals surface area contributed by atoms with Crippen LogP contribution in [0.15, 0.2) is 34.2 Å². The molecule has 1 aromatic rings. The van der Waals surface area contributed by atoms with Gasteiger partial charge in [-0.15, -0.1) is 24.0 Å². The van der Waals surface area contributed by atoms with E-state index in [2.05, 4.69) is 14.8 Å². The molecule has 0 amide bonds. The molecule has 0 unspecified atom stereocenters. The van der Waals surface area contributed by atoms with Gasteiger partial charge in [0.15, 0.2) is 5.96 Å². The minimum Gasteiger partial charge on any atom is -0.370 e. The Morgan fingerprint density at radius 1 is 1.04 bits per heavy atom. The minimum atomic E-state index is -3.51. The summed E-state index contributed by atoms with van der Waals surface area (Å²) < 4.78 is 27.7. The van der Waals surface area contributed by atoms with E-state index in [1.54, 1.807) is 16.4 Å². The molecular weight excluding hydrogens is 477 g/mol. The highest BCUT2D eigenvalue weighted by molar-refractivity contribution is 14.0. The van der Waals surface area contributed by atoms with Gasteiger partial charge in [-0.05, 0) is 37.9 Å². The van der Waals surface area contributed by atoms with E-state index in [0.717, 1.165) is 39.0 Å². The van der Waals surface area contributed by atoms with Crippen LogP contribution in [0.2, 0.25) is 0 Å². The predicted molar refractivity (Wildman–Crippen MR) is 119 cm³/mol. The second-order valence-electron chi connectivity index (χ2n) is 7.04. The standard InChI is InChI=1S/C18H29N5O2S.HI/c1-21-11-13-23(14-12-21)26(24,25)17-8-4-3-7-16(17)15-20-18(19)22-9-5-2-6-10-22;/h3-4,7-8H,2,5-6,9-15H2,1H3,(H2,19,20);1H. The molecule has 0 saturated carbocycles. The van der Waals surface area contributed by atoms with Crippen molar-refractivity contribution in [3.63, 3.8) is 0 Å². The van der Waals surface area contributed by atoms with Gasteiger partial charge in [-0.3, -0.25) is 0 Å². The van der Waals surface area contributed by atoms with Crippen molar-refractivity contribution in [1.29, 1.82) is 0 Å². The first kappa shape index (κ1) is 22.4. The van der Waals surface area contributed by atoms with E-state index in [1.165, 1.54) is 6.42 Å². The van der Waals surface area contributed by atoms with Crippen molar-refractivity contribution >= 4 is 40.0 Å². The molecule has 2 fully saturated rings. The molecule has 7 nitrogen and oxygen atoms in total. The van der Waals surface area contributed by atoms with Crippen LogP contribution < -0.4 is 5.73 Å². The van der Waals surface area contributed by atoms with Crippen molar-refractivity contribution in [3.05, 3.63) is 29.8 Å². The Hall–Kier alpha value is -0.910. The largest absolute Gasteiger partial charge is 0.370 e. The Morgan fingerprint density at radius 2 is 1.67 bits per heavy atom. The van der Waals surface area contributed by atoms with Crippen LogP contribution in [0.5, 0.6) is 0 Å². The number of halogens is 1. The van der Waals surface area contributed by atoms with Gasteiger partial charge in [-0.2, -0.15) is 4.31 Å². The van der Waals surface area contributed by atoms with Crippen molar-refractivity contribution in [3.8, 4) is 0 Å². The number of hydrogen-bond acceptors (Lipinski definition) is 4. The molecule has 2 saturated heterocycles. The maximum Gasteiger partial charge on any atom is 0.243 e. The van der Waals surface area contributed by atoms with Crippen LogP contribution in [0, 0.1) is 0 Å². The summed E-state index contributed by atoms with van der Waals surface area (Å²) in [6.07, 6.45) is 3.49. The van der Waals surface area contributed by atoms with Crippen LogP contribution in [0.4, 0.5) is 0 Å². The SMILES string of the molecule is CN1CCN(S(=O)(=O)c2ccccc2CN=C(N)N2CCCCC2)CC1.I. The predicted octanol–water partition coefficient (Wildman–Crippen LogP) is 1.54. The molecule has 9 heteroatoms. The summed E-state index contributed by atoms with van der Waals surface area (Å²) in [4.78, 5) is 9.05. The molecule has 1 aromatic carbocycles. The summed E-state index contributed by atoms with van der Waals surface area (Å²) in [7, 11) is -1.50. The van der Waals surface area contributed by atoms with Crippen LogP contribution in [0.25, 0.3) is 0 Å². The Labute approximate surface area is 179 Å². The Kier molecular flexibility index (Phi) is 8.32. The Morgan fingerprint density at radius 3 is 2.33 bits per heavy atom. The molecule has 0 spiro atoms. The first-order valence-electron chi connectivity index (χ1n) is 9.30. The van der Waals surface area contributed by atoms with Gasteiger partial charge < -0.3 is 15.5 Å². The molecule has 2 heterocycles. The molecule has 0 aliphatic carbocycles. The molecule has 2 aliphatic heterocycles. The number of likely N-dealkylation sites (tertiary alicyclic amines) is 1. The highest BCUT2D eigenvalue weighted by Crippen LogP contribution is 2.22. The zero-order valence-electron chi connectivity index (χ0n) is 15.9. The highest BCUT2D eigenvalue weighted by atomic mass is 127. The Balaban J connectivity index is 0.00000261. The van der Waals surface area contributed by atoms with Gasteiger partial charge in [0.05, 0.1) is 11.4 Å². The molecule has 0 atom stereocenters. The van der Waals surface area contributed by atoms with Gasteiger partial charge in [0.25, 0.3) is 0 Å². The quantitative estimate of drug-likeness (QED) is 0.380. The maximum atomic E-state index is 13.1. The first-order valence-corrected chi connectivity index (χ1v) is 10.7. The number of piperidine rings is 1. The normalized spacial score (nSPS) is 20.3. The Bertz CT molecular complexity index is 742. The van der Waals surface area contributed by atoms with Gasteiger partial charge >= 0.3 is 0 Å². The molecule has 3 rings (SSSR count). The van der Waals surface area contributed by atoms with Gasteiger partial charge in [0, 0.05) is 39.3 Å². The average molecular weight is 507 g/mol. The summed E-state index contributed by atoms with van der Waals surface area (Å²) in [5.74, 6) is 0.511. The molecule has 152 valence electrons. The fraction of sp³-hybridized carbons (Fsp3) is 0.611. The summed E-state index contributed by atoms with van der Waals surface area (Å²) in [5, 5.41) is 0. The summed E-state index contributed by atoms with van der Waals surface area (Å²) in [6.45, 7) is 4.68. The van der Waals surface area contributed by atoms with Crippen molar-refractivity contribution < 1.29 is 8.42 Å². The van der Waals surface area contributed by atoms with E-state index in [-0.39, 0.29) is 30.5 Å². The topological polar surface area (TPSA) is 82.2 Å². The number of sulfonamides is 1. The maximum absolute atomic E-state index is 13.1. The second-order valence-corrected chi connectivity index (χ2v) is 8.94. The number of rotatable bonds is 4. The number of hydrogen-bond donors (Lipinski definition) is 1. The van der Waals surface area contributed by atoms with E-state index >= 15 is 0 Å². The van der Waals surface area contributed by atoms with Crippen LogP contribution >= 0.6 is 24.0 Å². The zero-order valence-corrected chi connectivity index (χ0v) is 19.0. The molecular formula is C18H30IN5O2S. The number of piperazine rings is 1. The van der Waals surface area contributed by atoms with Crippen LogP contribution in [0.3, 0.4) is 0 Å². The van der Waals surface area contributed by atoms with Crippen molar-refractivity contribution in [2.75, 3.05) is 46.3 Å². The van der Waals surface area contributed by atoms with Crippen molar-refractivity contribution in [2.45, 2.75) is 30.7 Å². The van der Waals surface area contributed by atoms with E-state index < -0.39 is 10.0 Å². The summed E-state index contributed by atoms with van der Waals surface area (Å²) >= 11 is 0. The van der Waals surface area contributed by atoms with E-state index in [0.29, 0.717) is 29.5 Å². The molecule has 27 heavy (non-hydrogen) atoms. The monoisotopic (exact) mass is 507 g/mol. The number of guanidine groups is 1. The average Bonchev–Trinajstić information content (AvgIpc) is 2.67. The number of nitrogens with two attached hydrogens (primary N) is 1. The van der Waals surface area contributed by atoms with E-state index in [1.807, 2.05) is 19.2 Å². The lowest BCUT2D eigenvalue weighted by Crippen LogP contribution is -2.47. The lowest BCUT2D eigenvalue weighted by molar-refractivity contribution is 0.222. The van der Waals surface area contributed by atoms with Crippen molar-refractivity contribution in [2.24, 2.45) is 10.7 Å². The third-order valence-corrected chi connectivity index (χ3v) is 7.14. The minimum absolute atomic E-state index is 0. The number of benzene rings is 1. The molecule has 2 N–H and O–H groups in total. The number of likely N-dealkylation sites (N-methyl/N-ethyl adjacent to an activating group) is 1. The van der Waals surface area contributed by atoms with Crippen LogP contribution in [-0.2, 0) is 16.6 Å². The van der Waals surface area contributed by atoms with Gasteiger partial charge in [0.2, 0.25) is 10.0 Å². The van der Waals surface area contributed by atoms with Gasteiger partial charge in [-0.1, -0.05) is 18.2 Å². The smallest absolute Gasteiger partial charge is 0.243 e. The summed E-state index contributed by atoms with van der Waals surface area (Å²) in [6, 6.07) is 7.13. The van der Waals surface area contributed by atoms with E-state index in [4.69, 9.17) is 5.73 Å². The fourth-order valence-corrected chi connectivity index (χ4v) is 5.08. The fourth-order valence-electron chi connectivity index (χ4n) is 3.44. The second kappa shape index (κ2) is 10.0. The molecule has 0 aromatic heterocycles. The summed E-state index contributed by atoms with van der Waals surface area (Å²) in [5.41, 5.74) is 6.82. The van der Waals surface area contributed by atoms with Crippen LogP contribution in [0.1, 0.15) is 24.8 Å². The third kappa shape index (κ3) is 5.55.